The molecule has 0 aliphatic heterocycles. The summed E-state index contributed by atoms with van der Waals surface area (Å²) >= 11 is 0. The summed E-state index contributed by atoms with van der Waals surface area (Å²) in [6.45, 7) is -0.250. The van der Waals surface area contributed by atoms with Crippen molar-refractivity contribution in [2.75, 3.05) is 19.5 Å². The van der Waals surface area contributed by atoms with Gasteiger partial charge in [0.2, 0.25) is 5.91 Å². The molecule has 152 valence electrons. The fourth-order valence-corrected chi connectivity index (χ4v) is 2.96. The first-order valence-corrected chi connectivity index (χ1v) is 8.99. The third kappa shape index (κ3) is 3.58. The van der Waals surface area contributed by atoms with Crippen LogP contribution in [0.2, 0.25) is 0 Å². The maximum atomic E-state index is 12.8. The van der Waals surface area contributed by atoms with Gasteiger partial charge < -0.3 is 14.8 Å². The lowest BCUT2D eigenvalue weighted by atomic mass is 10.2. The van der Waals surface area contributed by atoms with E-state index in [0.717, 1.165) is 5.69 Å². The highest BCUT2D eigenvalue weighted by molar-refractivity contribution is 5.92. The van der Waals surface area contributed by atoms with E-state index in [1.165, 1.54) is 29.8 Å². The predicted octanol–water partition coefficient (Wildman–Crippen LogP) is 1.63. The minimum Gasteiger partial charge on any atom is -0.497 e. The Morgan fingerprint density at radius 3 is 2.63 bits per heavy atom. The number of nitrogens with zero attached hydrogens (tertiary/aromatic N) is 5. The van der Waals surface area contributed by atoms with Crippen LogP contribution in [0, 0.1) is 0 Å². The number of aromatic nitrogens is 5. The first kappa shape index (κ1) is 19.1. The summed E-state index contributed by atoms with van der Waals surface area (Å²) in [7, 11) is 3.02. The molecule has 0 spiro atoms. The normalized spacial score (nSPS) is 10.7. The van der Waals surface area contributed by atoms with Crippen molar-refractivity contribution < 1.29 is 14.3 Å². The number of hydrogen-bond donors (Lipinski definition) is 1. The van der Waals surface area contributed by atoms with Crippen molar-refractivity contribution in [3.63, 3.8) is 0 Å². The fourth-order valence-electron chi connectivity index (χ4n) is 2.96. The summed E-state index contributed by atoms with van der Waals surface area (Å²) in [5.74, 6) is 0.597. The van der Waals surface area contributed by atoms with E-state index in [9.17, 15) is 9.59 Å². The smallest absolute Gasteiger partial charge is 0.284 e. The molecule has 2 aromatic heterocycles. The molecule has 1 amide bonds. The molecule has 2 aromatic carbocycles. The van der Waals surface area contributed by atoms with E-state index in [-0.39, 0.29) is 12.1 Å². The Labute approximate surface area is 170 Å². The van der Waals surface area contributed by atoms with Gasteiger partial charge in [-0.05, 0) is 24.3 Å². The van der Waals surface area contributed by atoms with Gasteiger partial charge in [0.15, 0.2) is 11.2 Å². The quantitative estimate of drug-likeness (QED) is 0.518. The van der Waals surface area contributed by atoms with E-state index in [2.05, 4.69) is 20.6 Å². The minimum absolute atomic E-state index is 0.0770. The highest BCUT2D eigenvalue weighted by Gasteiger charge is 2.16. The number of methoxy groups -OCH3 is 2. The molecule has 2 heterocycles. The van der Waals surface area contributed by atoms with Crippen molar-refractivity contribution in [3.8, 4) is 17.2 Å². The Balaban J connectivity index is 1.60. The Morgan fingerprint density at radius 1 is 1.10 bits per heavy atom. The van der Waals surface area contributed by atoms with Crippen LogP contribution >= 0.6 is 0 Å². The van der Waals surface area contributed by atoms with Crippen LogP contribution in [-0.2, 0) is 11.3 Å². The second-order valence-corrected chi connectivity index (χ2v) is 6.30. The maximum Gasteiger partial charge on any atom is 0.284 e. The van der Waals surface area contributed by atoms with Gasteiger partial charge in [0.1, 0.15) is 24.4 Å². The van der Waals surface area contributed by atoms with Crippen LogP contribution in [0.1, 0.15) is 0 Å². The number of anilines is 1. The molecular weight excluding hydrogens is 388 g/mol. The molecule has 0 saturated carbocycles. The van der Waals surface area contributed by atoms with Gasteiger partial charge in [-0.15, -0.1) is 5.10 Å². The zero-order valence-corrected chi connectivity index (χ0v) is 16.3. The molecule has 10 heteroatoms. The average molecular weight is 406 g/mol. The molecule has 30 heavy (non-hydrogen) atoms. The molecule has 0 saturated heterocycles. The van der Waals surface area contributed by atoms with Crippen molar-refractivity contribution in [2.24, 2.45) is 0 Å². The number of para-hydroxylation sites is 1. The Kier molecular flexibility index (Phi) is 5.12. The molecule has 0 fully saturated rings. The molecule has 1 N–H and O–H groups in total. The van der Waals surface area contributed by atoms with E-state index in [1.54, 1.807) is 18.2 Å². The van der Waals surface area contributed by atoms with Crippen molar-refractivity contribution in [1.29, 1.82) is 0 Å². The third-order valence-corrected chi connectivity index (χ3v) is 4.42. The topological polar surface area (TPSA) is 113 Å². The molecule has 0 aliphatic rings. The Bertz CT molecular complexity index is 1270. The molecule has 0 atom stereocenters. The number of amides is 1. The van der Waals surface area contributed by atoms with Crippen LogP contribution in [0.4, 0.5) is 5.69 Å². The number of nitrogens with one attached hydrogen (secondary N) is 1. The largest absolute Gasteiger partial charge is 0.497 e. The fraction of sp³-hybridized carbons (Fsp3) is 0.150. The van der Waals surface area contributed by atoms with Crippen LogP contribution in [0.5, 0.6) is 11.5 Å². The summed E-state index contributed by atoms with van der Waals surface area (Å²) < 4.78 is 13.1. The first-order valence-electron chi connectivity index (χ1n) is 8.99. The number of fused-ring (bicyclic) bond motifs is 1. The molecule has 4 rings (SSSR count). The van der Waals surface area contributed by atoms with Gasteiger partial charge in [-0.1, -0.05) is 23.4 Å². The molecule has 0 bridgehead atoms. The summed E-state index contributed by atoms with van der Waals surface area (Å²) in [6, 6.07) is 14.3. The van der Waals surface area contributed by atoms with Gasteiger partial charge in [-0.2, -0.15) is 4.68 Å². The summed E-state index contributed by atoms with van der Waals surface area (Å²) in [5, 5.41) is 10.7. The standard InChI is InChI=1S/C20H18N6O4/c1-29-14-8-9-16(30-2)15(10-14)22-17(27)11-25-12-21-19-18(20(25)28)23-24-26(19)13-6-4-3-5-7-13/h3-10,12H,11H2,1-2H3,(H,22,27). The SMILES string of the molecule is COc1ccc(OC)c(NC(=O)Cn2cnc3c(nnn3-c3ccccc3)c2=O)c1. The van der Waals surface area contributed by atoms with Gasteiger partial charge in [-0.25, -0.2) is 4.98 Å². The number of carbonyl (C=O) groups excluding carboxylic acids is 1. The van der Waals surface area contributed by atoms with E-state index in [4.69, 9.17) is 9.47 Å². The lowest BCUT2D eigenvalue weighted by Crippen LogP contribution is -2.28. The maximum absolute atomic E-state index is 12.8. The Morgan fingerprint density at radius 2 is 1.90 bits per heavy atom. The van der Waals surface area contributed by atoms with Crippen LogP contribution in [0.25, 0.3) is 16.9 Å². The number of ether oxygens (including phenoxy) is 2. The molecular formula is C20H18N6O4. The zero-order valence-electron chi connectivity index (χ0n) is 16.3. The number of carbonyl (C=O) groups is 1. The van der Waals surface area contributed by atoms with Gasteiger partial charge in [0, 0.05) is 6.07 Å². The summed E-state index contributed by atoms with van der Waals surface area (Å²) in [5.41, 5.74) is 1.09. The first-order chi connectivity index (χ1) is 14.6. The second kappa shape index (κ2) is 8.03. The summed E-state index contributed by atoms with van der Waals surface area (Å²) in [6.07, 6.45) is 1.30. The van der Waals surface area contributed by atoms with Gasteiger partial charge >= 0.3 is 0 Å². The molecule has 0 unspecified atom stereocenters. The minimum atomic E-state index is -0.463. The van der Waals surface area contributed by atoms with Crippen molar-refractivity contribution >= 4 is 22.8 Å². The highest BCUT2D eigenvalue weighted by atomic mass is 16.5. The highest BCUT2D eigenvalue weighted by Crippen LogP contribution is 2.28. The lowest BCUT2D eigenvalue weighted by Gasteiger charge is -2.12. The van der Waals surface area contributed by atoms with Crippen LogP contribution in [0.15, 0.2) is 59.7 Å². The number of hydrogen-bond acceptors (Lipinski definition) is 7. The van der Waals surface area contributed by atoms with Crippen LogP contribution < -0.4 is 20.3 Å². The predicted molar refractivity (Wildman–Crippen MR) is 109 cm³/mol. The van der Waals surface area contributed by atoms with E-state index >= 15 is 0 Å². The van der Waals surface area contributed by atoms with E-state index in [0.29, 0.717) is 22.8 Å². The summed E-state index contributed by atoms with van der Waals surface area (Å²) in [4.78, 5) is 29.6. The Hall–Kier alpha value is -4.21. The van der Waals surface area contributed by atoms with Crippen LogP contribution in [-0.4, -0.2) is 44.7 Å². The molecule has 10 nitrogen and oxygen atoms in total. The third-order valence-electron chi connectivity index (χ3n) is 4.42. The van der Waals surface area contributed by atoms with Crippen molar-refractivity contribution in [2.45, 2.75) is 6.54 Å². The zero-order chi connectivity index (χ0) is 21.1. The average Bonchev–Trinajstić information content (AvgIpc) is 3.21. The molecule has 4 aromatic rings. The number of benzene rings is 2. The van der Waals surface area contributed by atoms with Crippen LogP contribution in [0.3, 0.4) is 0 Å². The number of rotatable bonds is 6. The van der Waals surface area contributed by atoms with E-state index in [1.807, 2.05) is 30.3 Å². The van der Waals surface area contributed by atoms with Crippen molar-refractivity contribution in [3.05, 3.63) is 65.2 Å². The van der Waals surface area contributed by atoms with Crippen molar-refractivity contribution in [1.82, 2.24) is 24.5 Å². The molecule has 0 radical (unpaired) electrons. The molecule has 0 aliphatic carbocycles. The van der Waals surface area contributed by atoms with Gasteiger partial charge in [-0.3, -0.25) is 14.2 Å². The van der Waals surface area contributed by atoms with Gasteiger partial charge in [0.05, 0.1) is 25.6 Å². The lowest BCUT2D eigenvalue weighted by molar-refractivity contribution is -0.116. The van der Waals surface area contributed by atoms with Gasteiger partial charge in [0.25, 0.3) is 5.56 Å². The second-order valence-electron chi connectivity index (χ2n) is 6.30. The monoisotopic (exact) mass is 406 g/mol. The van der Waals surface area contributed by atoms with E-state index < -0.39 is 11.5 Å².